The van der Waals surface area contributed by atoms with Crippen molar-refractivity contribution in [2.24, 2.45) is 5.92 Å². The number of likely N-dealkylation sites (tertiary alicyclic amines) is 1. The second-order valence-corrected chi connectivity index (χ2v) is 5.05. The van der Waals surface area contributed by atoms with E-state index in [1.165, 1.54) is 19.2 Å². The van der Waals surface area contributed by atoms with Crippen LogP contribution < -0.4 is 4.74 Å². The van der Waals surface area contributed by atoms with Gasteiger partial charge in [0.1, 0.15) is 0 Å². The van der Waals surface area contributed by atoms with Gasteiger partial charge in [-0.15, -0.1) is 0 Å². The third-order valence-corrected chi connectivity index (χ3v) is 3.54. The lowest BCUT2D eigenvalue weighted by atomic mass is 9.99. The molecule has 1 fully saturated rings. The number of benzene rings is 1. The van der Waals surface area contributed by atoms with Gasteiger partial charge in [-0.25, -0.2) is 8.78 Å². The SMILES string of the molecule is COc1c(F)cc(CN2CCC(C)CC2)cc1F. The lowest BCUT2D eigenvalue weighted by Crippen LogP contribution is -2.32. The van der Waals surface area contributed by atoms with Crippen LogP contribution in [0.15, 0.2) is 12.1 Å². The normalized spacial score (nSPS) is 18.0. The maximum atomic E-state index is 13.5. The van der Waals surface area contributed by atoms with E-state index in [2.05, 4.69) is 16.6 Å². The van der Waals surface area contributed by atoms with Crippen molar-refractivity contribution in [3.05, 3.63) is 29.3 Å². The highest BCUT2D eigenvalue weighted by Gasteiger charge is 2.17. The summed E-state index contributed by atoms with van der Waals surface area (Å²) in [6, 6.07) is 2.72. The molecule has 0 bridgehead atoms. The largest absolute Gasteiger partial charge is 0.491 e. The van der Waals surface area contributed by atoms with Crippen molar-refractivity contribution in [2.45, 2.75) is 26.3 Å². The minimum absolute atomic E-state index is 0.300. The third-order valence-electron chi connectivity index (χ3n) is 3.54. The van der Waals surface area contributed by atoms with Crippen molar-refractivity contribution in [2.75, 3.05) is 20.2 Å². The monoisotopic (exact) mass is 255 g/mol. The fraction of sp³-hybridized carbons (Fsp3) is 0.571. The predicted octanol–water partition coefficient (Wildman–Crippen LogP) is 3.21. The highest BCUT2D eigenvalue weighted by Crippen LogP contribution is 2.24. The summed E-state index contributed by atoms with van der Waals surface area (Å²) in [4.78, 5) is 2.24. The summed E-state index contributed by atoms with van der Waals surface area (Å²) in [5.41, 5.74) is 0.667. The summed E-state index contributed by atoms with van der Waals surface area (Å²) in [7, 11) is 1.27. The van der Waals surface area contributed by atoms with Crippen LogP contribution in [0.5, 0.6) is 5.75 Å². The molecule has 0 radical (unpaired) electrons. The highest BCUT2D eigenvalue weighted by atomic mass is 19.1. The van der Waals surface area contributed by atoms with E-state index in [0.717, 1.165) is 31.8 Å². The molecule has 2 rings (SSSR count). The molecule has 1 aliphatic heterocycles. The molecule has 0 aliphatic carbocycles. The first-order chi connectivity index (χ1) is 8.60. The lowest BCUT2D eigenvalue weighted by molar-refractivity contribution is 0.185. The Labute approximate surface area is 107 Å². The van der Waals surface area contributed by atoms with Gasteiger partial charge in [-0.1, -0.05) is 6.92 Å². The molecule has 0 aromatic heterocycles. The molecular weight excluding hydrogens is 236 g/mol. The Kier molecular flexibility index (Phi) is 4.17. The first kappa shape index (κ1) is 13.3. The standard InChI is InChI=1S/C14H19F2NO/c1-10-3-5-17(6-4-10)9-11-7-12(15)14(18-2)13(16)8-11/h7-8,10H,3-6,9H2,1-2H3. The zero-order chi connectivity index (χ0) is 13.1. The Morgan fingerprint density at radius 3 is 2.28 bits per heavy atom. The zero-order valence-corrected chi connectivity index (χ0v) is 10.9. The topological polar surface area (TPSA) is 12.5 Å². The molecule has 1 saturated heterocycles. The average molecular weight is 255 g/mol. The molecule has 18 heavy (non-hydrogen) atoms. The molecule has 100 valence electrons. The van der Waals surface area contributed by atoms with Crippen LogP contribution in [0.25, 0.3) is 0 Å². The van der Waals surface area contributed by atoms with Gasteiger partial charge < -0.3 is 4.74 Å². The number of halogens is 2. The molecule has 1 aliphatic rings. The molecule has 2 nitrogen and oxygen atoms in total. The van der Waals surface area contributed by atoms with E-state index in [1.807, 2.05) is 0 Å². The molecule has 0 N–H and O–H groups in total. The Morgan fingerprint density at radius 2 is 1.78 bits per heavy atom. The molecule has 1 aromatic carbocycles. The van der Waals surface area contributed by atoms with E-state index in [0.29, 0.717) is 12.1 Å². The fourth-order valence-electron chi connectivity index (χ4n) is 2.38. The Morgan fingerprint density at radius 1 is 1.22 bits per heavy atom. The van der Waals surface area contributed by atoms with Crippen molar-refractivity contribution in [3.8, 4) is 5.75 Å². The van der Waals surface area contributed by atoms with Crippen molar-refractivity contribution < 1.29 is 13.5 Å². The number of methoxy groups -OCH3 is 1. The lowest BCUT2D eigenvalue weighted by Gasteiger charge is -2.30. The van der Waals surface area contributed by atoms with Gasteiger partial charge in [0, 0.05) is 6.54 Å². The minimum Gasteiger partial charge on any atom is -0.491 e. The number of piperidine rings is 1. The number of ether oxygens (including phenoxy) is 1. The molecule has 1 heterocycles. The molecule has 1 aromatic rings. The summed E-state index contributed by atoms with van der Waals surface area (Å²) in [6.07, 6.45) is 2.31. The average Bonchev–Trinajstić information content (AvgIpc) is 2.32. The third kappa shape index (κ3) is 2.99. The highest BCUT2D eigenvalue weighted by molar-refractivity contribution is 5.31. The zero-order valence-electron chi connectivity index (χ0n) is 10.9. The second kappa shape index (κ2) is 5.65. The smallest absolute Gasteiger partial charge is 0.190 e. The first-order valence-corrected chi connectivity index (χ1v) is 6.34. The van der Waals surface area contributed by atoms with Gasteiger partial charge in [0.05, 0.1) is 7.11 Å². The fourth-order valence-corrected chi connectivity index (χ4v) is 2.38. The Balaban J connectivity index is 2.06. The Hall–Kier alpha value is -1.16. The number of rotatable bonds is 3. The van der Waals surface area contributed by atoms with Gasteiger partial charge in [-0.3, -0.25) is 4.90 Å². The van der Waals surface area contributed by atoms with Gasteiger partial charge in [-0.05, 0) is 49.5 Å². The van der Waals surface area contributed by atoms with Gasteiger partial charge in [-0.2, -0.15) is 0 Å². The van der Waals surface area contributed by atoms with Crippen molar-refractivity contribution in [1.29, 1.82) is 0 Å². The predicted molar refractivity (Wildman–Crippen MR) is 66.6 cm³/mol. The second-order valence-electron chi connectivity index (χ2n) is 5.05. The molecule has 0 saturated carbocycles. The quantitative estimate of drug-likeness (QED) is 0.822. The summed E-state index contributed by atoms with van der Waals surface area (Å²) >= 11 is 0. The Bertz CT molecular complexity index is 391. The molecule has 0 unspecified atom stereocenters. The van der Waals surface area contributed by atoms with Crippen molar-refractivity contribution in [3.63, 3.8) is 0 Å². The first-order valence-electron chi connectivity index (χ1n) is 6.34. The van der Waals surface area contributed by atoms with E-state index >= 15 is 0 Å². The van der Waals surface area contributed by atoms with E-state index in [-0.39, 0.29) is 5.75 Å². The minimum atomic E-state index is -0.627. The van der Waals surface area contributed by atoms with Gasteiger partial charge in [0.15, 0.2) is 17.4 Å². The molecule has 0 atom stereocenters. The van der Waals surface area contributed by atoms with Gasteiger partial charge >= 0.3 is 0 Å². The van der Waals surface area contributed by atoms with Crippen molar-refractivity contribution in [1.82, 2.24) is 4.90 Å². The molecular formula is C14H19F2NO. The van der Waals surface area contributed by atoms with E-state index in [1.54, 1.807) is 0 Å². The van der Waals surface area contributed by atoms with Crippen molar-refractivity contribution >= 4 is 0 Å². The van der Waals surface area contributed by atoms with Crippen LogP contribution in [0.2, 0.25) is 0 Å². The van der Waals surface area contributed by atoms with E-state index < -0.39 is 11.6 Å². The molecule has 0 spiro atoms. The summed E-state index contributed by atoms with van der Waals surface area (Å²) < 4.78 is 31.8. The van der Waals surface area contributed by atoms with Crippen LogP contribution in [0.1, 0.15) is 25.3 Å². The summed E-state index contributed by atoms with van der Waals surface area (Å²) in [5, 5.41) is 0. The number of hydrogen-bond donors (Lipinski definition) is 0. The van der Waals surface area contributed by atoms with Crippen LogP contribution in [-0.2, 0) is 6.54 Å². The van der Waals surface area contributed by atoms with Crippen LogP contribution >= 0.6 is 0 Å². The van der Waals surface area contributed by atoms with Crippen LogP contribution in [0.4, 0.5) is 8.78 Å². The number of nitrogens with zero attached hydrogens (tertiary/aromatic N) is 1. The van der Waals surface area contributed by atoms with Crippen LogP contribution in [0, 0.1) is 17.6 Å². The van der Waals surface area contributed by atoms with E-state index in [4.69, 9.17) is 0 Å². The van der Waals surface area contributed by atoms with E-state index in [9.17, 15) is 8.78 Å². The van der Waals surface area contributed by atoms with Crippen LogP contribution in [0.3, 0.4) is 0 Å². The van der Waals surface area contributed by atoms with Gasteiger partial charge in [0.2, 0.25) is 0 Å². The maximum Gasteiger partial charge on any atom is 0.190 e. The number of hydrogen-bond acceptors (Lipinski definition) is 2. The molecule has 0 amide bonds. The van der Waals surface area contributed by atoms with Gasteiger partial charge in [0.25, 0.3) is 0 Å². The molecule has 4 heteroatoms. The maximum absolute atomic E-state index is 13.5. The van der Waals surface area contributed by atoms with Crippen LogP contribution in [-0.4, -0.2) is 25.1 Å². The summed E-state index contributed by atoms with van der Waals surface area (Å²) in [6.45, 7) is 4.83. The summed E-state index contributed by atoms with van der Waals surface area (Å²) in [5.74, 6) is -0.799.